The first-order valence-electron chi connectivity index (χ1n) is 5.33. The van der Waals surface area contributed by atoms with E-state index in [0.29, 0.717) is 6.54 Å². The Morgan fingerprint density at radius 2 is 2.29 bits per heavy atom. The SMILES string of the molecule is C=CCN(CCC)S(=O)(=O)c1c(N)ncn1C. The van der Waals surface area contributed by atoms with E-state index in [1.807, 2.05) is 6.92 Å². The summed E-state index contributed by atoms with van der Waals surface area (Å²) in [6.45, 7) is 6.17. The third kappa shape index (κ3) is 2.67. The van der Waals surface area contributed by atoms with Gasteiger partial charge >= 0.3 is 0 Å². The van der Waals surface area contributed by atoms with E-state index in [1.165, 1.54) is 15.2 Å². The average molecular weight is 258 g/mol. The van der Waals surface area contributed by atoms with Gasteiger partial charge in [0.15, 0.2) is 10.8 Å². The first kappa shape index (κ1) is 13.7. The van der Waals surface area contributed by atoms with Crippen LogP contribution in [0.5, 0.6) is 0 Å². The van der Waals surface area contributed by atoms with Gasteiger partial charge in [0.2, 0.25) is 0 Å². The van der Waals surface area contributed by atoms with Crippen molar-refractivity contribution in [2.45, 2.75) is 18.4 Å². The summed E-state index contributed by atoms with van der Waals surface area (Å²) in [5.41, 5.74) is 5.59. The van der Waals surface area contributed by atoms with E-state index < -0.39 is 10.0 Å². The molecule has 0 unspecified atom stereocenters. The third-order valence-electron chi connectivity index (χ3n) is 2.30. The number of rotatable bonds is 6. The number of hydrogen-bond donors (Lipinski definition) is 1. The number of nitrogens with two attached hydrogens (primary N) is 1. The Morgan fingerprint density at radius 1 is 1.65 bits per heavy atom. The van der Waals surface area contributed by atoms with Crippen molar-refractivity contribution in [1.29, 1.82) is 0 Å². The highest BCUT2D eigenvalue weighted by molar-refractivity contribution is 7.89. The van der Waals surface area contributed by atoms with Crippen LogP contribution in [0, 0.1) is 0 Å². The van der Waals surface area contributed by atoms with Crippen molar-refractivity contribution in [2.24, 2.45) is 7.05 Å². The fraction of sp³-hybridized carbons (Fsp3) is 0.500. The molecule has 0 amide bonds. The molecule has 0 spiro atoms. The Labute approximate surface area is 102 Å². The molecule has 6 nitrogen and oxygen atoms in total. The lowest BCUT2D eigenvalue weighted by atomic mass is 10.5. The zero-order chi connectivity index (χ0) is 13.1. The number of anilines is 1. The maximum Gasteiger partial charge on any atom is 0.262 e. The summed E-state index contributed by atoms with van der Waals surface area (Å²) in [4.78, 5) is 3.79. The topological polar surface area (TPSA) is 81.2 Å². The van der Waals surface area contributed by atoms with Crippen LogP contribution >= 0.6 is 0 Å². The molecule has 2 N–H and O–H groups in total. The fourth-order valence-corrected chi connectivity index (χ4v) is 3.27. The van der Waals surface area contributed by atoms with Crippen molar-refractivity contribution in [3.8, 4) is 0 Å². The van der Waals surface area contributed by atoms with E-state index in [4.69, 9.17) is 5.73 Å². The van der Waals surface area contributed by atoms with Crippen LogP contribution in [0.3, 0.4) is 0 Å². The number of aryl methyl sites for hydroxylation is 1. The van der Waals surface area contributed by atoms with Gasteiger partial charge in [-0.2, -0.15) is 4.31 Å². The molecule has 0 aliphatic rings. The highest BCUT2D eigenvalue weighted by Gasteiger charge is 2.28. The molecule has 0 atom stereocenters. The van der Waals surface area contributed by atoms with Gasteiger partial charge in [-0.25, -0.2) is 13.4 Å². The number of imidazole rings is 1. The summed E-state index contributed by atoms with van der Waals surface area (Å²) >= 11 is 0. The normalized spacial score (nSPS) is 11.9. The fourth-order valence-electron chi connectivity index (χ4n) is 1.58. The summed E-state index contributed by atoms with van der Waals surface area (Å²) < 4.78 is 27.5. The summed E-state index contributed by atoms with van der Waals surface area (Å²) in [5, 5.41) is 0.0350. The molecule has 0 aromatic carbocycles. The molecule has 1 rings (SSSR count). The molecule has 0 aliphatic heterocycles. The summed E-state index contributed by atoms with van der Waals surface area (Å²) in [7, 11) is -2.00. The largest absolute Gasteiger partial charge is 0.381 e. The first-order valence-corrected chi connectivity index (χ1v) is 6.77. The Bertz CT molecular complexity index is 473. The van der Waals surface area contributed by atoms with Gasteiger partial charge in [0.1, 0.15) is 0 Å². The van der Waals surface area contributed by atoms with Crippen molar-refractivity contribution in [2.75, 3.05) is 18.8 Å². The molecule has 0 saturated carbocycles. The molecule has 0 saturated heterocycles. The Hall–Kier alpha value is -1.34. The van der Waals surface area contributed by atoms with Crippen LogP contribution in [-0.2, 0) is 17.1 Å². The monoisotopic (exact) mass is 258 g/mol. The second kappa shape index (κ2) is 5.33. The molecular formula is C10H18N4O2S. The van der Waals surface area contributed by atoms with Crippen molar-refractivity contribution < 1.29 is 8.42 Å². The molecule has 0 bridgehead atoms. The average Bonchev–Trinajstić information content (AvgIpc) is 2.58. The Kier molecular flexibility index (Phi) is 4.30. The van der Waals surface area contributed by atoms with E-state index in [9.17, 15) is 8.42 Å². The first-order chi connectivity index (χ1) is 7.95. The lowest BCUT2D eigenvalue weighted by Gasteiger charge is -2.20. The molecule has 7 heteroatoms. The minimum absolute atomic E-state index is 0.0256. The van der Waals surface area contributed by atoms with E-state index >= 15 is 0 Å². The number of hydrogen-bond acceptors (Lipinski definition) is 4. The molecule has 0 aliphatic carbocycles. The maximum atomic E-state index is 12.4. The van der Waals surface area contributed by atoms with Crippen LogP contribution in [0.2, 0.25) is 0 Å². The van der Waals surface area contributed by atoms with E-state index in [1.54, 1.807) is 13.1 Å². The molecule has 1 heterocycles. The highest BCUT2D eigenvalue weighted by Crippen LogP contribution is 2.20. The summed E-state index contributed by atoms with van der Waals surface area (Å²) in [5.74, 6) is 0.0256. The van der Waals surface area contributed by atoms with Crippen LogP contribution in [0.15, 0.2) is 24.0 Å². The van der Waals surface area contributed by atoms with E-state index in [2.05, 4.69) is 11.6 Å². The van der Waals surface area contributed by atoms with Gasteiger partial charge in [-0.15, -0.1) is 6.58 Å². The molecule has 17 heavy (non-hydrogen) atoms. The van der Waals surface area contributed by atoms with E-state index in [-0.39, 0.29) is 17.4 Å². The van der Waals surface area contributed by atoms with E-state index in [0.717, 1.165) is 6.42 Å². The molecule has 0 radical (unpaired) electrons. The molecule has 1 aromatic rings. The van der Waals surface area contributed by atoms with Crippen molar-refractivity contribution in [3.63, 3.8) is 0 Å². The molecule has 96 valence electrons. The van der Waals surface area contributed by atoms with Gasteiger partial charge in [0, 0.05) is 20.1 Å². The molecular weight excluding hydrogens is 240 g/mol. The van der Waals surface area contributed by atoms with Gasteiger partial charge < -0.3 is 10.3 Å². The van der Waals surface area contributed by atoms with Gasteiger partial charge in [0.05, 0.1) is 6.33 Å². The van der Waals surface area contributed by atoms with Crippen molar-refractivity contribution in [1.82, 2.24) is 13.9 Å². The number of aromatic nitrogens is 2. The third-order valence-corrected chi connectivity index (χ3v) is 4.30. The van der Waals surface area contributed by atoms with Crippen LogP contribution in [0.25, 0.3) is 0 Å². The zero-order valence-corrected chi connectivity index (χ0v) is 10.9. The predicted molar refractivity (Wildman–Crippen MR) is 66.9 cm³/mol. The van der Waals surface area contributed by atoms with Gasteiger partial charge in [-0.3, -0.25) is 0 Å². The van der Waals surface area contributed by atoms with Gasteiger partial charge in [0.25, 0.3) is 10.0 Å². The van der Waals surface area contributed by atoms with Crippen LogP contribution < -0.4 is 5.73 Å². The van der Waals surface area contributed by atoms with Crippen LogP contribution in [0.1, 0.15) is 13.3 Å². The Balaban J connectivity index is 3.20. The van der Waals surface area contributed by atoms with Crippen molar-refractivity contribution >= 4 is 15.8 Å². The molecule has 0 fully saturated rings. The second-order valence-corrected chi connectivity index (χ2v) is 5.55. The lowest BCUT2D eigenvalue weighted by Crippen LogP contribution is -2.33. The number of sulfonamides is 1. The van der Waals surface area contributed by atoms with Gasteiger partial charge in [-0.05, 0) is 6.42 Å². The smallest absolute Gasteiger partial charge is 0.262 e. The van der Waals surface area contributed by atoms with Crippen LogP contribution in [0.4, 0.5) is 5.82 Å². The highest BCUT2D eigenvalue weighted by atomic mass is 32.2. The summed E-state index contributed by atoms with van der Waals surface area (Å²) in [6.07, 6.45) is 3.67. The minimum atomic E-state index is -3.61. The van der Waals surface area contributed by atoms with Crippen molar-refractivity contribution in [3.05, 3.63) is 19.0 Å². The molecule has 1 aromatic heterocycles. The van der Waals surface area contributed by atoms with Crippen LogP contribution in [-0.4, -0.2) is 35.4 Å². The predicted octanol–water partition coefficient (Wildman–Crippen LogP) is 0.589. The summed E-state index contributed by atoms with van der Waals surface area (Å²) in [6, 6.07) is 0. The zero-order valence-electron chi connectivity index (χ0n) is 10.1. The lowest BCUT2D eigenvalue weighted by molar-refractivity contribution is 0.437. The minimum Gasteiger partial charge on any atom is -0.381 e. The Morgan fingerprint density at radius 3 is 2.71 bits per heavy atom. The maximum absolute atomic E-state index is 12.4. The standard InChI is InChI=1S/C10H18N4O2S/c1-4-6-14(7-5-2)17(15,16)10-9(11)12-8-13(10)3/h4,8H,1,5-7,11H2,2-3H3. The quantitative estimate of drug-likeness (QED) is 0.757. The number of nitrogen functional groups attached to an aromatic ring is 1. The van der Waals surface area contributed by atoms with Gasteiger partial charge in [-0.1, -0.05) is 13.0 Å². The number of nitrogens with zero attached hydrogens (tertiary/aromatic N) is 3. The second-order valence-electron chi connectivity index (χ2n) is 3.70.